The largest absolute Gasteiger partial charge is 0.486 e. The van der Waals surface area contributed by atoms with Crippen LogP contribution in [0.1, 0.15) is 10.4 Å². The Balaban J connectivity index is 2.79. The van der Waals surface area contributed by atoms with Gasteiger partial charge in [0, 0.05) is 0 Å². The van der Waals surface area contributed by atoms with E-state index in [1.165, 1.54) is 32.2 Å². The van der Waals surface area contributed by atoms with Crippen LogP contribution in [0.5, 0.6) is 0 Å². The monoisotopic (exact) mass is 195 g/mol. The first-order valence-corrected chi connectivity index (χ1v) is 3.71. The SMILES string of the molecule is CO/C=N/C=N\c1cn(O)cc1C=O. The number of aldehydes is 1. The van der Waals surface area contributed by atoms with Crippen LogP contribution in [0.3, 0.4) is 0 Å². The van der Waals surface area contributed by atoms with Gasteiger partial charge in [-0.1, -0.05) is 0 Å². The fourth-order valence-corrected chi connectivity index (χ4v) is 0.828. The van der Waals surface area contributed by atoms with Crippen LogP contribution in [0.2, 0.25) is 0 Å². The van der Waals surface area contributed by atoms with Crippen LogP contribution in [-0.2, 0) is 4.74 Å². The molecule has 0 aliphatic rings. The number of methoxy groups -OCH3 is 1. The number of carbonyl (C=O) groups is 1. The number of aliphatic imine (C=N–C) groups is 2. The zero-order valence-electron chi connectivity index (χ0n) is 7.49. The van der Waals surface area contributed by atoms with E-state index in [2.05, 4.69) is 14.7 Å². The van der Waals surface area contributed by atoms with Gasteiger partial charge in [0.2, 0.25) is 0 Å². The summed E-state index contributed by atoms with van der Waals surface area (Å²) in [5.41, 5.74) is 0.632. The van der Waals surface area contributed by atoms with Crippen molar-refractivity contribution in [3.05, 3.63) is 18.0 Å². The van der Waals surface area contributed by atoms with Crippen molar-refractivity contribution in [1.29, 1.82) is 0 Å². The molecule has 0 amide bonds. The van der Waals surface area contributed by atoms with E-state index < -0.39 is 0 Å². The average Bonchev–Trinajstić information content (AvgIpc) is 2.54. The minimum Gasteiger partial charge on any atom is -0.486 e. The van der Waals surface area contributed by atoms with E-state index in [0.717, 1.165) is 4.73 Å². The second-order valence-electron chi connectivity index (χ2n) is 2.33. The summed E-state index contributed by atoms with van der Waals surface area (Å²) in [6.07, 6.45) is 5.55. The number of aromatic nitrogens is 1. The van der Waals surface area contributed by atoms with E-state index in [-0.39, 0.29) is 5.56 Å². The molecule has 0 aliphatic heterocycles. The minimum atomic E-state index is 0.288. The molecule has 6 nitrogen and oxygen atoms in total. The molecule has 0 atom stereocenters. The quantitative estimate of drug-likeness (QED) is 0.335. The standard InChI is InChI=1S/C8H9N3O3/c1-14-6-9-5-10-8-3-11(13)2-7(8)4-12/h2-6,13H,1H3/b9-6+,10-5-. The van der Waals surface area contributed by atoms with E-state index in [4.69, 9.17) is 5.21 Å². The number of rotatable bonds is 4. The van der Waals surface area contributed by atoms with Gasteiger partial charge in [-0.25, -0.2) is 9.98 Å². The molecule has 6 heteroatoms. The van der Waals surface area contributed by atoms with Crippen molar-refractivity contribution in [2.75, 3.05) is 7.11 Å². The molecule has 0 saturated heterocycles. The fraction of sp³-hybridized carbons (Fsp3) is 0.125. The van der Waals surface area contributed by atoms with Gasteiger partial charge in [0.15, 0.2) is 12.7 Å². The molecule has 0 spiro atoms. The highest BCUT2D eigenvalue weighted by molar-refractivity contribution is 5.84. The van der Waals surface area contributed by atoms with Crippen LogP contribution in [0.4, 0.5) is 5.69 Å². The van der Waals surface area contributed by atoms with Crippen molar-refractivity contribution in [1.82, 2.24) is 4.73 Å². The van der Waals surface area contributed by atoms with Crippen molar-refractivity contribution in [3.8, 4) is 0 Å². The molecule has 1 aromatic rings. The summed E-state index contributed by atoms with van der Waals surface area (Å²) in [5.74, 6) is 0. The summed E-state index contributed by atoms with van der Waals surface area (Å²) in [5, 5.41) is 8.99. The molecule has 14 heavy (non-hydrogen) atoms. The van der Waals surface area contributed by atoms with Crippen molar-refractivity contribution in [3.63, 3.8) is 0 Å². The van der Waals surface area contributed by atoms with Gasteiger partial charge in [-0.3, -0.25) is 4.79 Å². The van der Waals surface area contributed by atoms with Crippen LogP contribution >= 0.6 is 0 Å². The first-order valence-electron chi connectivity index (χ1n) is 3.71. The number of hydrogen-bond acceptors (Lipinski definition) is 4. The first-order chi connectivity index (χ1) is 6.77. The topological polar surface area (TPSA) is 76.2 Å². The van der Waals surface area contributed by atoms with Gasteiger partial charge in [-0.2, -0.15) is 4.73 Å². The summed E-state index contributed by atoms with van der Waals surface area (Å²) < 4.78 is 5.29. The Labute approximate surface area is 80.1 Å². The highest BCUT2D eigenvalue weighted by atomic mass is 16.5. The van der Waals surface area contributed by atoms with Gasteiger partial charge < -0.3 is 9.94 Å². The van der Waals surface area contributed by atoms with E-state index in [9.17, 15) is 4.79 Å². The lowest BCUT2D eigenvalue weighted by atomic mass is 10.3. The van der Waals surface area contributed by atoms with Crippen molar-refractivity contribution >= 4 is 24.7 Å². The number of hydrogen-bond donors (Lipinski definition) is 1. The van der Waals surface area contributed by atoms with E-state index >= 15 is 0 Å². The van der Waals surface area contributed by atoms with Crippen molar-refractivity contribution in [2.24, 2.45) is 9.98 Å². The summed E-state index contributed by atoms with van der Waals surface area (Å²) in [4.78, 5) is 17.9. The Morgan fingerprint density at radius 2 is 2.36 bits per heavy atom. The third kappa shape index (κ3) is 2.44. The van der Waals surface area contributed by atoms with Crippen LogP contribution in [0, 0.1) is 0 Å². The molecule has 0 fully saturated rings. The predicted octanol–water partition coefficient (Wildman–Crippen LogP) is 0.872. The minimum absolute atomic E-state index is 0.288. The highest BCUT2D eigenvalue weighted by Crippen LogP contribution is 2.16. The number of carbonyl (C=O) groups excluding carboxylic acids is 1. The summed E-state index contributed by atoms with van der Waals surface area (Å²) in [6.45, 7) is 0. The van der Waals surface area contributed by atoms with Gasteiger partial charge in [-0.15, -0.1) is 0 Å². The molecule has 1 heterocycles. The first kappa shape index (κ1) is 9.97. The lowest BCUT2D eigenvalue weighted by molar-refractivity contribution is 0.112. The van der Waals surface area contributed by atoms with Crippen molar-refractivity contribution in [2.45, 2.75) is 0 Å². The summed E-state index contributed by atoms with van der Waals surface area (Å²) in [6, 6.07) is 0. The van der Waals surface area contributed by atoms with E-state index in [0.29, 0.717) is 12.0 Å². The average molecular weight is 195 g/mol. The van der Waals surface area contributed by atoms with Crippen molar-refractivity contribution < 1.29 is 14.7 Å². The van der Waals surface area contributed by atoms with Crippen LogP contribution < -0.4 is 0 Å². The lowest BCUT2D eigenvalue weighted by Gasteiger charge is -1.85. The maximum absolute atomic E-state index is 10.5. The Bertz CT molecular complexity index is 368. The predicted molar refractivity (Wildman–Crippen MR) is 50.7 cm³/mol. The molecule has 0 radical (unpaired) electrons. The molecule has 1 rings (SSSR count). The summed E-state index contributed by atoms with van der Waals surface area (Å²) >= 11 is 0. The molecule has 0 aliphatic carbocycles. The smallest absolute Gasteiger partial charge is 0.175 e. The van der Waals surface area contributed by atoms with Gasteiger partial charge in [0.25, 0.3) is 0 Å². The molecule has 0 unspecified atom stereocenters. The Morgan fingerprint density at radius 3 is 3.00 bits per heavy atom. The molecular weight excluding hydrogens is 186 g/mol. The molecule has 0 saturated carbocycles. The normalized spacial score (nSPS) is 11.2. The van der Waals surface area contributed by atoms with Crippen LogP contribution in [-0.4, -0.2) is 36.1 Å². The molecule has 1 aromatic heterocycles. The maximum atomic E-state index is 10.5. The number of ether oxygens (including phenoxy) is 1. The zero-order chi connectivity index (χ0) is 10.4. The maximum Gasteiger partial charge on any atom is 0.175 e. The van der Waals surface area contributed by atoms with E-state index in [1.54, 1.807) is 0 Å². The molecule has 0 bridgehead atoms. The molecule has 0 aromatic carbocycles. The molecule has 1 N–H and O–H groups in total. The molecular formula is C8H9N3O3. The lowest BCUT2D eigenvalue weighted by Crippen LogP contribution is -1.80. The third-order valence-electron chi connectivity index (χ3n) is 1.38. The van der Waals surface area contributed by atoms with Gasteiger partial charge in [0.05, 0.1) is 30.8 Å². The van der Waals surface area contributed by atoms with Gasteiger partial charge >= 0.3 is 0 Å². The fourth-order valence-electron chi connectivity index (χ4n) is 0.828. The van der Waals surface area contributed by atoms with E-state index in [1.807, 2.05) is 0 Å². The second-order valence-corrected chi connectivity index (χ2v) is 2.33. The Morgan fingerprint density at radius 1 is 1.57 bits per heavy atom. The van der Waals surface area contributed by atoms with Crippen LogP contribution in [0.15, 0.2) is 22.4 Å². The summed E-state index contributed by atoms with van der Waals surface area (Å²) in [7, 11) is 1.46. The Kier molecular flexibility index (Phi) is 3.42. The van der Waals surface area contributed by atoms with Crippen LogP contribution in [0.25, 0.3) is 0 Å². The third-order valence-corrected chi connectivity index (χ3v) is 1.38. The zero-order valence-corrected chi connectivity index (χ0v) is 7.49. The highest BCUT2D eigenvalue weighted by Gasteiger charge is 2.02. The Hall–Kier alpha value is -2.11. The second kappa shape index (κ2) is 4.80. The molecule has 74 valence electrons. The number of nitrogens with zero attached hydrogens (tertiary/aromatic N) is 3. The van der Waals surface area contributed by atoms with Gasteiger partial charge in [-0.05, 0) is 0 Å². The van der Waals surface area contributed by atoms with Gasteiger partial charge in [0.1, 0.15) is 6.34 Å².